The summed E-state index contributed by atoms with van der Waals surface area (Å²) in [5, 5.41) is 9.39. The van der Waals surface area contributed by atoms with Gasteiger partial charge in [0.15, 0.2) is 0 Å². The number of rotatable bonds is 4. The molecule has 0 spiro atoms. The number of aromatic nitrogens is 2. The molecule has 0 amide bonds. The highest BCUT2D eigenvalue weighted by atomic mass is 19.1. The molecule has 132 valence electrons. The Morgan fingerprint density at radius 1 is 1.08 bits per heavy atom. The van der Waals surface area contributed by atoms with Crippen LogP contribution in [0, 0.1) is 11.6 Å². The first-order chi connectivity index (χ1) is 12.6. The van der Waals surface area contributed by atoms with Crippen molar-refractivity contribution < 1.29 is 8.78 Å². The van der Waals surface area contributed by atoms with Gasteiger partial charge in [-0.25, -0.2) is 13.8 Å². The van der Waals surface area contributed by atoms with Crippen molar-refractivity contribution in [2.24, 2.45) is 0 Å². The summed E-state index contributed by atoms with van der Waals surface area (Å²) in [6.45, 7) is 2.14. The van der Waals surface area contributed by atoms with Crippen LogP contribution in [0.4, 0.5) is 37.6 Å². The van der Waals surface area contributed by atoms with Gasteiger partial charge in [0.25, 0.3) is 0 Å². The Hall–Kier alpha value is -3.22. The lowest BCUT2D eigenvalue weighted by Gasteiger charge is -2.10. The molecule has 5 nitrogen and oxygen atoms in total. The maximum atomic E-state index is 13.8. The van der Waals surface area contributed by atoms with Crippen LogP contribution in [0.3, 0.4) is 0 Å². The third-order valence-electron chi connectivity index (χ3n) is 4.14. The summed E-state index contributed by atoms with van der Waals surface area (Å²) >= 11 is 0. The minimum atomic E-state index is -0.702. The van der Waals surface area contributed by atoms with E-state index in [2.05, 4.69) is 38.9 Å². The number of benzene rings is 2. The van der Waals surface area contributed by atoms with Crippen molar-refractivity contribution in [1.29, 1.82) is 0 Å². The molecule has 1 atom stereocenters. The van der Waals surface area contributed by atoms with Gasteiger partial charge in [-0.2, -0.15) is 4.98 Å². The second-order valence-corrected chi connectivity index (χ2v) is 6.26. The van der Waals surface area contributed by atoms with Crippen molar-refractivity contribution in [3.63, 3.8) is 0 Å². The summed E-state index contributed by atoms with van der Waals surface area (Å²) in [5.41, 5.74) is 3.43. The molecule has 3 aromatic rings. The molecule has 7 heteroatoms. The van der Waals surface area contributed by atoms with E-state index in [1.165, 1.54) is 17.7 Å². The zero-order chi connectivity index (χ0) is 18.1. The molecular formula is C19H17F2N5. The Kier molecular flexibility index (Phi) is 4.12. The molecule has 0 saturated carbocycles. The monoisotopic (exact) mass is 353 g/mol. The maximum Gasteiger partial charge on any atom is 0.229 e. The highest BCUT2D eigenvalue weighted by molar-refractivity contribution is 5.67. The van der Waals surface area contributed by atoms with Crippen LogP contribution < -0.4 is 16.0 Å². The fraction of sp³-hybridized carbons (Fsp3) is 0.158. The Balaban J connectivity index is 1.52. The molecule has 1 aromatic heterocycles. The standard InChI is InChI=1S/C19H17F2N5/c1-11-8-12-9-14(3-5-16(12)23-11)24-18-6-7-22-19(26-18)25-17-4-2-13(20)10-15(17)21/h2-7,9-11,23H,8H2,1H3,(H2,22,24,25,26). The van der Waals surface area contributed by atoms with Crippen LogP contribution in [-0.4, -0.2) is 16.0 Å². The van der Waals surface area contributed by atoms with Gasteiger partial charge in [-0.15, -0.1) is 0 Å². The molecular weight excluding hydrogens is 336 g/mol. The Bertz CT molecular complexity index is 960. The second-order valence-electron chi connectivity index (χ2n) is 6.26. The smallest absolute Gasteiger partial charge is 0.229 e. The van der Waals surface area contributed by atoms with Crippen molar-refractivity contribution in [2.45, 2.75) is 19.4 Å². The van der Waals surface area contributed by atoms with Gasteiger partial charge in [-0.05, 0) is 55.3 Å². The van der Waals surface area contributed by atoms with Crippen LogP contribution in [0.25, 0.3) is 0 Å². The first-order valence-electron chi connectivity index (χ1n) is 8.28. The fourth-order valence-corrected chi connectivity index (χ4v) is 2.98. The average molecular weight is 353 g/mol. The van der Waals surface area contributed by atoms with E-state index in [4.69, 9.17) is 0 Å². The molecule has 2 heterocycles. The Labute approximate surface area is 149 Å². The van der Waals surface area contributed by atoms with E-state index in [-0.39, 0.29) is 11.6 Å². The Morgan fingerprint density at radius 3 is 2.81 bits per heavy atom. The summed E-state index contributed by atoms with van der Waals surface area (Å²) in [4.78, 5) is 8.40. The van der Waals surface area contributed by atoms with Crippen LogP contribution in [0.1, 0.15) is 12.5 Å². The lowest BCUT2D eigenvalue weighted by Crippen LogP contribution is -2.08. The van der Waals surface area contributed by atoms with E-state index in [1.54, 1.807) is 12.3 Å². The molecule has 1 aliphatic heterocycles. The van der Waals surface area contributed by atoms with Gasteiger partial charge in [0.05, 0.1) is 5.69 Å². The van der Waals surface area contributed by atoms with Gasteiger partial charge < -0.3 is 16.0 Å². The van der Waals surface area contributed by atoms with Crippen LogP contribution in [0.5, 0.6) is 0 Å². The zero-order valence-corrected chi connectivity index (χ0v) is 14.1. The SMILES string of the molecule is CC1Cc2cc(Nc3ccnc(Nc4ccc(F)cc4F)n3)ccc2N1. The normalized spacial score (nSPS) is 15.3. The second kappa shape index (κ2) is 6.59. The minimum Gasteiger partial charge on any atom is -0.382 e. The van der Waals surface area contributed by atoms with E-state index in [0.717, 1.165) is 23.9 Å². The fourth-order valence-electron chi connectivity index (χ4n) is 2.98. The summed E-state index contributed by atoms with van der Waals surface area (Å²) < 4.78 is 26.8. The van der Waals surface area contributed by atoms with E-state index in [9.17, 15) is 8.78 Å². The first-order valence-corrected chi connectivity index (χ1v) is 8.28. The Morgan fingerprint density at radius 2 is 1.96 bits per heavy atom. The van der Waals surface area contributed by atoms with Gasteiger partial charge in [-0.3, -0.25) is 0 Å². The number of nitrogens with one attached hydrogen (secondary N) is 3. The topological polar surface area (TPSA) is 61.9 Å². The summed E-state index contributed by atoms with van der Waals surface area (Å²) in [5.74, 6) is -0.544. The molecule has 1 aliphatic rings. The molecule has 0 saturated heterocycles. The molecule has 3 N–H and O–H groups in total. The molecule has 0 radical (unpaired) electrons. The third-order valence-corrected chi connectivity index (χ3v) is 4.14. The van der Waals surface area contributed by atoms with E-state index in [1.807, 2.05) is 12.1 Å². The minimum absolute atomic E-state index is 0.112. The molecule has 0 fully saturated rings. The first kappa shape index (κ1) is 16.3. The molecule has 0 bridgehead atoms. The van der Waals surface area contributed by atoms with Crippen LogP contribution in [-0.2, 0) is 6.42 Å². The average Bonchev–Trinajstić information content (AvgIpc) is 2.97. The predicted molar refractivity (Wildman–Crippen MR) is 98.2 cm³/mol. The van der Waals surface area contributed by atoms with Crippen LogP contribution in [0.2, 0.25) is 0 Å². The van der Waals surface area contributed by atoms with E-state index in [0.29, 0.717) is 11.9 Å². The van der Waals surface area contributed by atoms with Crippen molar-refractivity contribution in [1.82, 2.24) is 9.97 Å². The number of nitrogens with zero attached hydrogens (tertiary/aromatic N) is 2. The van der Waals surface area contributed by atoms with Gasteiger partial charge >= 0.3 is 0 Å². The van der Waals surface area contributed by atoms with Gasteiger partial charge in [0, 0.05) is 29.7 Å². The molecule has 0 aliphatic carbocycles. The van der Waals surface area contributed by atoms with Crippen molar-refractivity contribution in [3.05, 3.63) is 65.9 Å². The summed E-state index contributed by atoms with van der Waals surface area (Å²) in [7, 11) is 0. The molecule has 2 aromatic carbocycles. The van der Waals surface area contributed by atoms with Crippen molar-refractivity contribution in [3.8, 4) is 0 Å². The van der Waals surface area contributed by atoms with Gasteiger partial charge in [-0.1, -0.05) is 0 Å². The number of anilines is 5. The summed E-state index contributed by atoms with van der Waals surface area (Å²) in [6, 6.07) is 11.5. The zero-order valence-electron chi connectivity index (χ0n) is 14.1. The third kappa shape index (κ3) is 3.42. The molecule has 26 heavy (non-hydrogen) atoms. The maximum absolute atomic E-state index is 13.8. The highest BCUT2D eigenvalue weighted by Gasteiger charge is 2.16. The van der Waals surface area contributed by atoms with E-state index < -0.39 is 11.6 Å². The van der Waals surface area contributed by atoms with Gasteiger partial charge in [0.2, 0.25) is 5.95 Å². The largest absolute Gasteiger partial charge is 0.382 e. The number of hydrogen-bond acceptors (Lipinski definition) is 5. The van der Waals surface area contributed by atoms with Crippen molar-refractivity contribution >= 4 is 28.8 Å². The number of fused-ring (bicyclic) bond motifs is 1. The number of hydrogen-bond donors (Lipinski definition) is 3. The summed E-state index contributed by atoms with van der Waals surface area (Å²) in [6.07, 6.45) is 2.54. The lowest BCUT2D eigenvalue weighted by atomic mass is 10.1. The van der Waals surface area contributed by atoms with Crippen molar-refractivity contribution in [2.75, 3.05) is 16.0 Å². The predicted octanol–water partition coefficient (Wildman–Crippen LogP) is 4.60. The van der Waals surface area contributed by atoms with E-state index >= 15 is 0 Å². The highest BCUT2D eigenvalue weighted by Crippen LogP contribution is 2.29. The van der Waals surface area contributed by atoms with Gasteiger partial charge in [0.1, 0.15) is 17.5 Å². The number of halogens is 2. The van der Waals surface area contributed by atoms with Crippen LogP contribution >= 0.6 is 0 Å². The quantitative estimate of drug-likeness (QED) is 0.640. The molecule has 4 rings (SSSR count). The van der Waals surface area contributed by atoms with Crippen LogP contribution in [0.15, 0.2) is 48.7 Å². The molecule has 1 unspecified atom stereocenters. The lowest BCUT2D eigenvalue weighted by molar-refractivity contribution is 0.586.